The molecule has 0 aliphatic carbocycles. The fourth-order valence-corrected chi connectivity index (χ4v) is 2.34. The highest BCUT2D eigenvalue weighted by Gasteiger charge is 2.32. The van der Waals surface area contributed by atoms with Gasteiger partial charge in [0.2, 0.25) is 0 Å². The number of carboxylic acid groups (broad SMARTS) is 1. The molecule has 1 aromatic heterocycles. The summed E-state index contributed by atoms with van der Waals surface area (Å²) in [6, 6.07) is 2.47. The van der Waals surface area contributed by atoms with Crippen LogP contribution in [0.15, 0.2) is 27.6 Å². The molecule has 0 bridgehead atoms. The standard InChI is InChI=1S/C13H15NO5/c1-8-6-9(13(17)18)4-5-14(8)12(16)10-2-3-11(15)19-7-10/h2-3,7-9H,4-6H2,1H3,(H,17,18). The van der Waals surface area contributed by atoms with Crippen molar-refractivity contribution in [3.05, 3.63) is 34.4 Å². The van der Waals surface area contributed by atoms with Gasteiger partial charge in [-0.25, -0.2) is 4.79 Å². The van der Waals surface area contributed by atoms with E-state index in [2.05, 4.69) is 4.42 Å². The lowest BCUT2D eigenvalue weighted by molar-refractivity contribution is -0.143. The zero-order valence-electron chi connectivity index (χ0n) is 10.5. The van der Waals surface area contributed by atoms with E-state index in [1.807, 2.05) is 6.92 Å². The first-order valence-corrected chi connectivity index (χ1v) is 6.11. The van der Waals surface area contributed by atoms with Crippen molar-refractivity contribution in [3.8, 4) is 0 Å². The summed E-state index contributed by atoms with van der Waals surface area (Å²) < 4.78 is 4.67. The van der Waals surface area contributed by atoms with E-state index in [1.54, 1.807) is 4.90 Å². The third kappa shape index (κ3) is 2.83. The maximum Gasteiger partial charge on any atom is 0.335 e. The molecule has 1 saturated heterocycles. The molecule has 2 heterocycles. The normalized spacial score (nSPS) is 23.1. The van der Waals surface area contributed by atoms with Crippen molar-refractivity contribution in [2.24, 2.45) is 5.92 Å². The molecule has 2 atom stereocenters. The van der Waals surface area contributed by atoms with Gasteiger partial charge in [-0.2, -0.15) is 0 Å². The summed E-state index contributed by atoms with van der Waals surface area (Å²) >= 11 is 0. The Kier molecular flexibility index (Phi) is 3.69. The molecular weight excluding hydrogens is 250 g/mol. The van der Waals surface area contributed by atoms with Crippen molar-refractivity contribution in [3.63, 3.8) is 0 Å². The molecule has 0 saturated carbocycles. The van der Waals surface area contributed by atoms with Crippen molar-refractivity contribution >= 4 is 11.9 Å². The molecule has 1 aliphatic rings. The van der Waals surface area contributed by atoms with Crippen molar-refractivity contribution in [1.29, 1.82) is 0 Å². The molecule has 1 amide bonds. The van der Waals surface area contributed by atoms with E-state index >= 15 is 0 Å². The highest BCUT2D eigenvalue weighted by Crippen LogP contribution is 2.24. The van der Waals surface area contributed by atoms with Gasteiger partial charge in [-0.1, -0.05) is 0 Å². The summed E-state index contributed by atoms with van der Waals surface area (Å²) in [6.45, 7) is 2.22. The molecule has 102 valence electrons. The molecule has 0 spiro atoms. The van der Waals surface area contributed by atoms with Gasteiger partial charge in [0.1, 0.15) is 6.26 Å². The number of carbonyl (C=O) groups excluding carboxylic acids is 1. The zero-order chi connectivity index (χ0) is 14.0. The van der Waals surface area contributed by atoms with Gasteiger partial charge in [0.25, 0.3) is 5.91 Å². The van der Waals surface area contributed by atoms with E-state index in [0.29, 0.717) is 24.9 Å². The van der Waals surface area contributed by atoms with Crippen LogP contribution in [-0.2, 0) is 4.79 Å². The lowest BCUT2D eigenvalue weighted by Crippen LogP contribution is -2.46. The van der Waals surface area contributed by atoms with Gasteiger partial charge in [-0.15, -0.1) is 0 Å². The van der Waals surface area contributed by atoms with Crippen molar-refractivity contribution in [2.75, 3.05) is 6.54 Å². The first kappa shape index (κ1) is 13.3. The Balaban J connectivity index is 2.10. The first-order valence-electron chi connectivity index (χ1n) is 6.11. The van der Waals surface area contributed by atoms with E-state index in [4.69, 9.17) is 5.11 Å². The zero-order valence-corrected chi connectivity index (χ0v) is 10.5. The predicted molar refractivity (Wildman–Crippen MR) is 65.8 cm³/mol. The minimum Gasteiger partial charge on any atom is -0.481 e. The quantitative estimate of drug-likeness (QED) is 0.860. The van der Waals surface area contributed by atoms with Crippen molar-refractivity contribution in [1.82, 2.24) is 4.90 Å². The second-order valence-electron chi connectivity index (χ2n) is 4.75. The summed E-state index contributed by atoms with van der Waals surface area (Å²) in [6.07, 6.45) is 2.03. The van der Waals surface area contributed by atoms with Gasteiger partial charge in [0.15, 0.2) is 0 Å². The topological polar surface area (TPSA) is 87.8 Å². The maximum absolute atomic E-state index is 12.2. The highest BCUT2D eigenvalue weighted by atomic mass is 16.4. The Morgan fingerprint density at radius 2 is 2.16 bits per heavy atom. The van der Waals surface area contributed by atoms with Crippen LogP contribution in [0.2, 0.25) is 0 Å². The Bertz CT molecular complexity index is 530. The monoisotopic (exact) mass is 265 g/mol. The minimum atomic E-state index is -0.815. The Labute approximate surface area is 109 Å². The summed E-state index contributed by atoms with van der Waals surface area (Å²) in [5.74, 6) is -1.45. The maximum atomic E-state index is 12.2. The van der Waals surface area contributed by atoms with Gasteiger partial charge in [0, 0.05) is 18.7 Å². The summed E-state index contributed by atoms with van der Waals surface area (Å²) in [5.41, 5.74) is -0.200. The lowest BCUT2D eigenvalue weighted by atomic mass is 9.91. The van der Waals surface area contributed by atoms with E-state index in [9.17, 15) is 14.4 Å². The minimum absolute atomic E-state index is 0.144. The van der Waals surface area contributed by atoms with E-state index in [0.717, 1.165) is 6.26 Å². The molecule has 19 heavy (non-hydrogen) atoms. The van der Waals surface area contributed by atoms with Crippen LogP contribution in [0.4, 0.5) is 0 Å². The van der Waals surface area contributed by atoms with Crippen LogP contribution >= 0.6 is 0 Å². The number of piperidine rings is 1. The van der Waals surface area contributed by atoms with Gasteiger partial charge < -0.3 is 14.4 Å². The molecule has 2 unspecified atom stereocenters. The molecule has 1 aromatic rings. The fraction of sp³-hybridized carbons (Fsp3) is 0.462. The third-order valence-electron chi connectivity index (χ3n) is 3.43. The van der Waals surface area contributed by atoms with Crippen LogP contribution in [0.5, 0.6) is 0 Å². The number of likely N-dealkylation sites (tertiary alicyclic amines) is 1. The number of hydrogen-bond acceptors (Lipinski definition) is 4. The van der Waals surface area contributed by atoms with Crippen LogP contribution in [0.25, 0.3) is 0 Å². The number of hydrogen-bond donors (Lipinski definition) is 1. The van der Waals surface area contributed by atoms with Crippen LogP contribution in [0.1, 0.15) is 30.1 Å². The number of amides is 1. The summed E-state index contributed by atoms with van der Waals surface area (Å²) in [4.78, 5) is 35.6. The second kappa shape index (κ2) is 5.26. The number of aliphatic carboxylic acids is 1. The SMILES string of the molecule is CC1CC(C(=O)O)CCN1C(=O)c1ccc(=O)oc1. The van der Waals surface area contributed by atoms with E-state index in [-0.39, 0.29) is 11.9 Å². The van der Waals surface area contributed by atoms with Gasteiger partial charge >= 0.3 is 11.6 Å². The first-order chi connectivity index (χ1) is 8.99. The number of carboxylic acids is 1. The van der Waals surface area contributed by atoms with Crippen LogP contribution in [0, 0.1) is 5.92 Å². The van der Waals surface area contributed by atoms with Crippen molar-refractivity contribution < 1.29 is 19.1 Å². The molecule has 1 N–H and O–H groups in total. The van der Waals surface area contributed by atoms with Crippen LogP contribution in [-0.4, -0.2) is 34.5 Å². The van der Waals surface area contributed by atoms with Crippen LogP contribution in [0.3, 0.4) is 0 Å². The highest BCUT2D eigenvalue weighted by molar-refractivity contribution is 5.94. The molecule has 1 fully saturated rings. The molecule has 6 heteroatoms. The molecule has 1 aliphatic heterocycles. The van der Waals surface area contributed by atoms with E-state index in [1.165, 1.54) is 12.1 Å². The predicted octanol–water partition coefficient (Wildman–Crippen LogP) is 0.965. The average Bonchev–Trinajstić information content (AvgIpc) is 2.38. The van der Waals surface area contributed by atoms with Gasteiger partial charge in [-0.3, -0.25) is 9.59 Å². The molecule has 0 aromatic carbocycles. The number of rotatable bonds is 2. The Morgan fingerprint density at radius 1 is 1.42 bits per heavy atom. The molecular formula is C13H15NO5. The second-order valence-corrected chi connectivity index (χ2v) is 4.75. The molecule has 6 nitrogen and oxygen atoms in total. The van der Waals surface area contributed by atoms with Gasteiger partial charge in [0.05, 0.1) is 11.5 Å². The lowest BCUT2D eigenvalue weighted by Gasteiger charge is -2.36. The number of nitrogens with zero attached hydrogens (tertiary/aromatic N) is 1. The summed E-state index contributed by atoms with van der Waals surface area (Å²) in [5, 5.41) is 8.98. The van der Waals surface area contributed by atoms with Gasteiger partial charge in [-0.05, 0) is 25.8 Å². The van der Waals surface area contributed by atoms with Crippen molar-refractivity contribution in [2.45, 2.75) is 25.8 Å². The molecule has 2 rings (SSSR count). The number of carbonyl (C=O) groups is 2. The Hall–Kier alpha value is -2.11. The summed E-state index contributed by atoms with van der Waals surface area (Å²) in [7, 11) is 0. The Morgan fingerprint density at radius 3 is 2.68 bits per heavy atom. The largest absolute Gasteiger partial charge is 0.481 e. The van der Waals surface area contributed by atoms with E-state index < -0.39 is 17.5 Å². The third-order valence-corrected chi connectivity index (χ3v) is 3.43. The smallest absolute Gasteiger partial charge is 0.335 e. The fourth-order valence-electron chi connectivity index (χ4n) is 2.34. The molecule has 0 radical (unpaired) electrons. The van der Waals surface area contributed by atoms with Crippen LogP contribution < -0.4 is 5.63 Å². The average molecular weight is 265 g/mol.